The van der Waals surface area contributed by atoms with Crippen molar-refractivity contribution in [2.24, 2.45) is 0 Å². The van der Waals surface area contributed by atoms with Crippen molar-refractivity contribution in [2.75, 3.05) is 11.9 Å². The van der Waals surface area contributed by atoms with E-state index in [9.17, 15) is 9.90 Å². The maximum Gasteiger partial charge on any atom is 0.258 e. The molecule has 0 atom stereocenters. The number of hydrogen-bond donors (Lipinski definition) is 1. The number of phenolic OH excluding ortho intramolecular Hbond substituents is 1. The minimum atomic E-state index is -0.176. The smallest absolute Gasteiger partial charge is 0.258 e. The monoisotopic (exact) mass is 252 g/mol. The fraction of sp³-hybridized carbons (Fsp3) is 0.0667. The molecule has 2 aromatic carbocycles. The summed E-state index contributed by atoms with van der Waals surface area (Å²) >= 11 is 0. The number of carbonyl (C=O) groups is 1. The number of aromatic hydroxyl groups is 1. The van der Waals surface area contributed by atoms with E-state index in [1.165, 1.54) is 17.0 Å². The molecule has 0 aliphatic carbocycles. The number of nitriles is 1. The molecule has 0 bridgehead atoms. The molecular formula is C15H12N2O2. The van der Waals surface area contributed by atoms with Gasteiger partial charge in [-0.1, -0.05) is 0 Å². The van der Waals surface area contributed by atoms with Crippen molar-refractivity contribution in [3.63, 3.8) is 0 Å². The lowest BCUT2D eigenvalue weighted by Crippen LogP contribution is -2.26. The Hall–Kier alpha value is -2.80. The Morgan fingerprint density at radius 2 is 1.68 bits per heavy atom. The summed E-state index contributed by atoms with van der Waals surface area (Å²) in [5.41, 5.74) is 1.75. The first-order valence-corrected chi connectivity index (χ1v) is 5.69. The fourth-order valence-electron chi connectivity index (χ4n) is 1.67. The summed E-state index contributed by atoms with van der Waals surface area (Å²) in [5, 5.41) is 17.9. The summed E-state index contributed by atoms with van der Waals surface area (Å²) in [7, 11) is 1.66. The van der Waals surface area contributed by atoms with Crippen molar-refractivity contribution < 1.29 is 9.90 Å². The summed E-state index contributed by atoms with van der Waals surface area (Å²) in [6.07, 6.45) is 0. The Labute approximate surface area is 111 Å². The standard InChI is InChI=1S/C15H12N2O2/c1-17(13-6-2-11(10-16)3-7-13)15(19)12-4-8-14(18)9-5-12/h2-9,18H,1H3. The number of hydrogen-bond acceptors (Lipinski definition) is 3. The molecule has 0 aliphatic rings. The summed E-state index contributed by atoms with van der Waals surface area (Å²) in [6.45, 7) is 0. The highest BCUT2D eigenvalue weighted by Crippen LogP contribution is 2.17. The van der Waals surface area contributed by atoms with Crippen LogP contribution in [0.5, 0.6) is 5.75 Å². The average molecular weight is 252 g/mol. The predicted molar refractivity (Wildman–Crippen MR) is 72.0 cm³/mol. The van der Waals surface area contributed by atoms with Crippen LogP contribution in [0.25, 0.3) is 0 Å². The van der Waals surface area contributed by atoms with Crippen molar-refractivity contribution in [2.45, 2.75) is 0 Å². The topological polar surface area (TPSA) is 64.3 Å². The highest BCUT2D eigenvalue weighted by Gasteiger charge is 2.13. The zero-order valence-electron chi connectivity index (χ0n) is 10.4. The van der Waals surface area contributed by atoms with Gasteiger partial charge in [-0.15, -0.1) is 0 Å². The SMILES string of the molecule is CN(C(=O)c1ccc(O)cc1)c1ccc(C#N)cc1. The van der Waals surface area contributed by atoms with Crippen LogP contribution < -0.4 is 4.90 Å². The van der Waals surface area contributed by atoms with Gasteiger partial charge in [0.2, 0.25) is 0 Å². The molecule has 0 saturated heterocycles. The Kier molecular flexibility index (Phi) is 3.48. The molecule has 0 radical (unpaired) electrons. The average Bonchev–Trinajstić information content (AvgIpc) is 2.46. The summed E-state index contributed by atoms with van der Waals surface area (Å²) in [6, 6.07) is 14.9. The Bertz CT molecular complexity index is 625. The second-order valence-corrected chi connectivity index (χ2v) is 4.07. The van der Waals surface area contributed by atoms with Crippen LogP contribution in [0, 0.1) is 11.3 Å². The van der Waals surface area contributed by atoms with Gasteiger partial charge in [0.1, 0.15) is 5.75 Å². The molecule has 4 nitrogen and oxygen atoms in total. The maximum absolute atomic E-state index is 12.2. The molecule has 0 aliphatic heterocycles. The van der Waals surface area contributed by atoms with E-state index in [0.717, 1.165) is 0 Å². The molecule has 1 amide bonds. The molecule has 0 spiro atoms. The van der Waals surface area contributed by atoms with Crippen molar-refractivity contribution in [3.05, 3.63) is 59.7 Å². The van der Waals surface area contributed by atoms with E-state index in [1.807, 2.05) is 6.07 Å². The third-order valence-corrected chi connectivity index (χ3v) is 2.80. The van der Waals surface area contributed by atoms with Crippen LogP contribution in [0.15, 0.2) is 48.5 Å². The van der Waals surface area contributed by atoms with Crippen molar-refractivity contribution in [1.82, 2.24) is 0 Å². The normalized spacial score (nSPS) is 9.68. The number of anilines is 1. The van der Waals surface area contributed by atoms with E-state index in [-0.39, 0.29) is 11.7 Å². The molecule has 0 saturated carbocycles. The van der Waals surface area contributed by atoms with Crippen LogP contribution in [0.3, 0.4) is 0 Å². The van der Waals surface area contributed by atoms with Crippen LogP contribution in [-0.4, -0.2) is 18.1 Å². The van der Waals surface area contributed by atoms with Gasteiger partial charge in [-0.25, -0.2) is 0 Å². The number of rotatable bonds is 2. The van der Waals surface area contributed by atoms with Gasteiger partial charge in [0.15, 0.2) is 0 Å². The lowest BCUT2D eigenvalue weighted by Gasteiger charge is -2.17. The van der Waals surface area contributed by atoms with Crippen LogP contribution in [-0.2, 0) is 0 Å². The van der Waals surface area contributed by atoms with E-state index in [0.29, 0.717) is 16.8 Å². The van der Waals surface area contributed by atoms with Gasteiger partial charge < -0.3 is 10.0 Å². The van der Waals surface area contributed by atoms with E-state index in [4.69, 9.17) is 5.26 Å². The summed E-state index contributed by atoms with van der Waals surface area (Å²) < 4.78 is 0. The molecule has 0 aromatic heterocycles. The van der Waals surface area contributed by atoms with Crippen molar-refractivity contribution >= 4 is 11.6 Å². The molecule has 0 fully saturated rings. The molecule has 2 aromatic rings. The molecule has 0 heterocycles. The van der Waals surface area contributed by atoms with Crippen molar-refractivity contribution in [1.29, 1.82) is 5.26 Å². The molecule has 4 heteroatoms. The van der Waals surface area contributed by atoms with E-state index >= 15 is 0 Å². The van der Waals surface area contributed by atoms with Gasteiger partial charge in [0, 0.05) is 18.3 Å². The number of nitrogens with zero attached hydrogens (tertiary/aromatic N) is 2. The third kappa shape index (κ3) is 2.72. The minimum Gasteiger partial charge on any atom is -0.508 e. The molecular weight excluding hydrogens is 240 g/mol. The lowest BCUT2D eigenvalue weighted by atomic mass is 10.1. The summed E-state index contributed by atoms with van der Waals surface area (Å²) in [5.74, 6) is -0.0534. The first-order valence-electron chi connectivity index (χ1n) is 5.69. The van der Waals surface area contributed by atoms with Crippen LogP contribution >= 0.6 is 0 Å². The van der Waals surface area contributed by atoms with Crippen LogP contribution in [0.4, 0.5) is 5.69 Å². The Morgan fingerprint density at radius 1 is 1.11 bits per heavy atom. The zero-order chi connectivity index (χ0) is 13.8. The van der Waals surface area contributed by atoms with Crippen molar-refractivity contribution in [3.8, 4) is 11.8 Å². The number of amides is 1. The second-order valence-electron chi connectivity index (χ2n) is 4.07. The number of benzene rings is 2. The van der Waals surface area contributed by atoms with Gasteiger partial charge in [-0.05, 0) is 48.5 Å². The first kappa shape index (κ1) is 12.7. The highest BCUT2D eigenvalue weighted by molar-refractivity contribution is 6.05. The van der Waals surface area contributed by atoms with Gasteiger partial charge in [-0.3, -0.25) is 4.79 Å². The number of phenols is 1. The van der Waals surface area contributed by atoms with Crippen LogP contribution in [0.2, 0.25) is 0 Å². The molecule has 0 unspecified atom stereocenters. The maximum atomic E-state index is 12.2. The summed E-state index contributed by atoms with van der Waals surface area (Å²) in [4.78, 5) is 13.7. The third-order valence-electron chi connectivity index (χ3n) is 2.80. The first-order chi connectivity index (χ1) is 9.11. The van der Waals surface area contributed by atoms with Gasteiger partial charge >= 0.3 is 0 Å². The van der Waals surface area contributed by atoms with Crippen LogP contribution in [0.1, 0.15) is 15.9 Å². The van der Waals surface area contributed by atoms with Gasteiger partial charge in [-0.2, -0.15) is 5.26 Å². The van der Waals surface area contributed by atoms with E-state index in [1.54, 1.807) is 43.4 Å². The van der Waals surface area contributed by atoms with Gasteiger partial charge in [0.05, 0.1) is 11.6 Å². The highest BCUT2D eigenvalue weighted by atomic mass is 16.3. The molecule has 1 N–H and O–H groups in total. The number of carbonyl (C=O) groups excluding carboxylic acids is 1. The Morgan fingerprint density at radius 3 is 2.21 bits per heavy atom. The van der Waals surface area contributed by atoms with E-state index < -0.39 is 0 Å². The Balaban J connectivity index is 2.23. The minimum absolute atomic E-state index is 0.123. The second kappa shape index (κ2) is 5.23. The lowest BCUT2D eigenvalue weighted by molar-refractivity contribution is 0.0993. The van der Waals surface area contributed by atoms with E-state index in [2.05, 4.69) is 0 Å². The fourth-order valence-corrected chi connectivity index (χ4v) is 1.67. The predicted octanol–water partition coefficient (Wildman–Crippen LogP) is 2.54. The quantitative estimate of drug-likeness (QED) is 0.893. The van der Waals surface area contributed by atoms with Gasteiger partial charge in [0.25, 0.3) is 5.91 Å². The molecule has 2 rings (SSSR count). The zero-order valence-corrected chi connectivity index (χ0v) is 10.4. The molecule has 94 valence electrons. The largest absolute Gasteiger partial charge is 0.508 e. The molecule has 19 heavy (non-hydrogen) atoms.